The molecule has 0 atom stereocenters. The van der Waals surface area contributed by atoms with E-state index < -0.39 is 11.9 Å². The fourth-order valence-electron chi connectivity index (χ4n) is 5.24. The molecule has 13 heteroatoms. The van der Waals surface area contributed by atoms with Gasteiger partial charge in [-0.15, -0.1) is 0 Å². The van der Waals surface area contributed by atoms with Crippen LogP contribution in [-0.2, 0) is 19.8 Å². The van der Waals surface area contributed by atoms with Crippen molar-refractivity contribution in [3.63, 3.8) is 0 Å². The smallest absolute Gasteiger partial charge is 0.434 e. The van der Waals surface area contributed by atoms with Crippen LogP contribution < -0.4 is 15.2 Å². The van der Waals surface area contributed by atoms with E-state index in [0.29, 0.717) is 67.3 Å². The third-order valence-corrected chi connectivity index (χ3v) is 7.43. The Hall–Kier alpha value is -4.03. The van der Waals surface area contributed by atoms with Crippen molar-refractivity contribution in [2.24, 2.45) is 13.0 Å². The van der Waals surface area contributed by atoms with Crippen molar-refractivity contribution in [1.29, 1.82) is 0 Å². The van der Waals surface area contributed by atoms with Gasteiger partial charge in [-0.1, -0.05) is 0 Å². The van der Waals surface area contributed by atoms with Crippen molar-refractivity contribution in [3.8, 4) is 17.3 Å². The van der Waals surface area contributed by atoms with Crippen LogP contribution in [-0.4, -0.2) is 54.3 Å². The molecular weight excluding hydrogens is 513 g/mol. The Kier molecular flexibility index (Phi) is 6.23. The molecule has 0 N–H and O–H groups in total. The highest BCUT2D eigenvalue weighted by Gasteiger charge is 2.36. The molecule has 0 unspecified atom stereocenters. The van der Waals surface area contributed by atoms with E-state index in [4.69, 9.17) is 9.72 Å². The van der Waals surface area contributed by atoms with Crippen LogP contribution in [0.25, 0.3) is 22.4 Å². The van der Waals surface area contributed by atoms with Gasteiger partial charge in [-0.3, -0.25) is 9.36 Å². The number of piperidine rings is 1. The molecule has 0 aromatic carbocycles. The first-order valence-corrected chi connectivity index (χ1v) is 12.8. The summed E-state index contributed by atoms with van der Waals surface area (Å²) in [5.74, 6) is 1.55. The second-order valence-corrected chi connectivity index (χ2v) is 10.1. The number of pyridine rings is 1. The number of halogens is 3. The number of hydrogen-bond acceptors (Lipinski definition) is 8. The summed E-state index contributed by atoms with van der Waals surface area (Å²) >= 11 is 0. The van der Waals surface area contributed by atoms with E-state index in [0.717, 1.165) is 30.1 Å². The van der Waals surface area contributed by atoms with Gasteiger partial charge in [0.05, 0.1) is 12.8 Å². The maximum absolute atomic E-state index is 13.1. The van der Waals surface area contributed by atoms with E-state index in [2.05, 4.69) is 19.9 Å². The predicted molar refractivity (Wildman–Crippen MR) is 136 cm³/mol. The number of ether oxygens (including phenoxy) is 1. The first-order valence-electron chi connectivity index (χ1n) is 12.8. The number of imidazole rings is 1. The Balaban J connectivity index is 1.27. The Morgan fingerprint density at radius 3 is 2.49 bits per heavy atom. The lowest BCUT2D eigenvalue weighted by molar-refractivity contribution is -0.140. The number of aromatic nitrogens is 7. The summed E-state index contributed by atoms with van der Waals surface area (Å²) in [4.78, 5) is 36.8. The van der Waals surface area contributed by atoms with Gasteiger partial charge in [-0.25, -0.2) is 24.9 Å². The third-order valence-electron chi connectivity index (χ3n) is 7.43. The normalized spacial score (nSPS) is 16.7. The van der Waals surface area contributed by atoms with Crippen LogP contribution in [0.1, 0.15) is 43.0 Å². The van der Waals surface area contributed by atoms with Crippen molar-refractivity contribution in [2.45, 2.75) is 44.3 Å². The second-order valence-electron chi connectivity index (χ2n) is 10.1. The Morgan fingerprint density at radius 2 is 1.82 bits per heavy atom. The molecule has 0 amide bonds. The van der Waals surface area contributed by atoms with Gasteiger partial charge in [0, 0.05) is 56.4 Å². The fourth-order valence-corrected chi connectivity index (χ4v) is 5.24. The first kappa shape index (κ1) is 25.3. The van der Waals surface area contributed by atoms with Crippen LogP contribution in [0.5, 0.6) is 5.88 Å². The summed E-state index contributed by atoms with van der Waals surface area (Å²) in [6, 6.07) is 3.22. The standard InChI is InChI=1S/C26H27F3N8O2/c1-35-13-18(26(27,28)29)33-25(35)36-9-7-15(8-10-36)12-37-19(38)6-5-17-11-30-22(34-23(17)37)20-21(16-3-4-16)31-14-32-24(20)39-2/h5-6,11,13-16H,3-4,7-10,12H2,1-2H3. The summed E-state index contributed by atoms with van der Waals surface area (Å²) in [6.07, 6.45) is 3.14. The molecule has 2 aliphatic rings. The number of alkyl halides is 3. The lowest BCUT2D eigenvalue weighted by Gasteiger charge is -2.33. The summed E-state index contributed by atoms with van der Waals surface area (Å²) in [5.41, 5.74) is 0.939. The molecule has 1 saturated heterocycles. The first-order chi connectivity index (χ1) is 18.7. The minimum atomic E-state index is -4.49. The zero-order chi connectivity index (χ0) is 27.3. The summed E-state index contributed by atoms with van der Waals surface area (Å²) in [7, 11) is 3.11. The second kappa shape index (κ2) is 9.62. The molecule has 0 bridgehead atoms. The molecule has 2 fully saturated rings. The quantitative estimate of drug-likeness (QED) is 0.364. The molecule has 39 heavy (non-hydrogen) atoms. The minimum absolute atomic E-state index is 0.141. The van der Waals surface area contributed by atoms with E-state index in [1.54, 1.807) is 31.0 Å². The van der Waals surface area contributed by atoms with E-state index in [1.165, 1.54) is 17.0 Å². The number of rotatable bonds is 6. The number of nitrogens with zero attached hydrogens (tertiary/aromatic N) is 8. The predicted octanol–water partition coefficient (Wildman–Crippen LogP) is 3.80. The van der Waals surface area contributed by atoms with Gasteiger partial charge in [-0.05, 0) is 37.7 Å². The monoisotopic (exact) mass is 540 g/mol. The Bertz CT molecular complexity index is 1590. The lowest BCUT2D eigenvalue weighted by Crippen LogP contribution is -2.37. The molecule has 0 radical (unpaired) electrons. The molecule has 4 aromatic heterocycles. The Morgan fingerprint density at radius 1 is 1.05 bits per heavy atom. The molecule has 1 saturated carbocycles. The molecule has 5 heterocycles. The number of methoxy groups -OCH3 is 1. The minimum Gasteiger partial charge on any atom is -0.480 e. The topological polar surface area (TPSA) is 104 Å². The van der Waals surface area contributed by atoms with Gasteiger partial charge >= 0.3 is 6.18 Å². The van der Waals surface area contributed by atoms with Crippen molar-refractivity contribution in [1.82, 2.24) is 34.1 Å². The maximum atomic E-state index is 13.1. The van der Waals surface area contributed by atoms with Gasteiger partial charge in [0.1, 0.15) is 17.5 Å². The van der Waals surface area contributed by atoms with Gasteiger partial charge < -0.3 is 14.2 Å². The fraction of sp³-hybridized carbons (Fsp3) is 0.462. The molecule has 204 valence electrons. The number of hydrogen-bond donors (Lipinski definition) is 0. The SMILES string of the molecule is COc1ncnc(C2CC2)c1-c1ncc2ccc(=O)n(CC3CCN(c4nc(C(F)(F)F)cn4C)CC3)c2n1. The molecule has 1 aliphatic heterocycles. The van der Waals surface area contributed by atoms with Crippen LogP contribution in [0.3, 0.4) is 0 Å². The summed E-state index contributed by atoms with van der Waals surface area (Å²) < 4.78 is 47.9. The number of fused-ring (bicyclic) bond motifs is 1. The van der Waals surface area contributed by atoms with Crippen molar-refractivity contribution in [3.05, 3.63) is 52.6 Å². The van der Waals surface area contributed by atoms with E-state index >= 15 is 0 Å². The van der Waals surface area contributed by atoms with Crippen LogP contribution in [0, 0.1) is 5.92 Å². The number of aryl methyl sites for hydroxylation is 1. The van der Waals surface area contributed by atoms with Gasteiger partial charge in [0.15, 0.2) is 11.5 Å². The van der Waals surface area contributed by atoms with Crippen LogP contribution in [0.2, 0.25) is 0 Å². The van der Waals surface area contributed by atoms with E-state index in [1.807, 2.05) is 4.90 Å². The van der Waals surface area contributed by atoms with Gasteiger partial charge in [0.2, 0.25) is 11.8 Å². The average molecular weight is 541 g/mol. The third kappa shape index (κ3) is 4.81. The average Bonchev–Trinajstić information content (AvgIpc) is 3.70. The summed E-state index contributed by atoms with van der Waals surface area (Å²) in [6.45, 7) is 1.51. The van der Waals surface area contributed by atoms with E-state index in [-0.39, 0.29) is 11.5 Å². The highest BCUT2D eigenvalue weighted by atomic mass is 19.4. The molecule has 1 aliphatic carbocycles. The van der Waals surface area contributed by atoms with Crippen LogP contribution in [0.4, 0.5) is 19.1 Å². The van der Waals surface area contributed by atoms with Gasteiger partial charge in [0.25, 0.3) is 5.56 Å². The van der Waals surface area contributed by atoms with Crippen molar-refractivity contribution >= 4 is 17.0 Å². The van der Waals surface area contributed by atoms with Crippen molar-refractivity contribution in [2.75, 3.05) is 25.1 Å². The highest BCUT2D eigenvalue weighted by molar-refractivity contribution is 5.77. The van der Waals surface area contributed by atoms with Crippen LogP contribution in [0.15, 0.2) is 35.6 Å². The molecule has 4 aromatic rings. The molecular formula is C26H27F3N8O2. The zero-order valence-corrected chi connectivity index (χ0v) is 21.5. The molecule has 0 spiro atoms. The maximum Gasteiger partial charge on any atom is 0.434 e. The lowest BCUT2D eigenvalue weighted by atomic mass is 9.97. The summed E-state index contributed by atoms with van der Waals surface area (Å²) in [5, 5.41) is 0.729. The molecule has 10 nitrogen and oxygen atoms in total. The van der Waals surface area contributed by atoms with E-state index in [9.17, 15) is 18.0 Å². The highest BCUT2D eigenvalue weighted by Crippen LogP contribution is 2.44. The zero-order valence-electron chi connectivity index (χ0n) is 21.5. The van der Waals surface area contributed by atoms with Gasteiger partial charge in [-0.2, -0.15) is 13.2 Å². The largest absolute Gasteiger partial charge is 0.480 e. The van der Waals surface area contributed by atoms with Crippen LogP contribution >= 0.6 is 0 Å². The molecule has 6 rings (SSSR count). The van der Waals surface area contributed by atoms with Crippen molar-refractivity contribution < 1.29 is 17.9 Å². The Labute approximate surface area is 221 Å². The number of anilines is 1.